The number of hydrogen-bond acceptors (Lipinski definition) is 6. The second-order valence-electron chi connectivity index (χ2n) is 5.60. The zero-order valence-electron chi connectivity index (χ0n) is 12.9. The van der Waals surface area contributed by atoms with E-state index in [2.05, 4.69) is 10.1 Å². The third-order valence-electron chi connectivity index (χ3n) is 3.88. The highest BCUT2D eigenvalue weighted by molar-refractivity contribution is 5.79. The highest BCUT2D eigenvalue weighted by atomic mass is 16.8. The predicted molar refractivity (Wildman–Crippen MR) is 81.0 cm³/mol. The number of fused-ring (bicyclic) bond motifs is 1. The molecular formula is C16H17N3O4. The van der Waals surface area contributed by atoms with Gasteiger partial charge in [0, 0.05) is 5.39 Å². The van der Waals surface area contributed by atoms with E-state index in [9.17, 15) is 0 Å². The summed E-state index contributed by atoms with van der Waals surface area (Å²) in [6, 6.07) is 7.58. The Kier molecular flexibility index (Phi) is 3.32. The van der Waals surface area contributed by atoms with Crippen LogP contribution in [0.1, 0.15) is 12.7 Å². The monoisotopic (exact) mass is 315 g/mol. The van der Waals surface area contributed by atoms with Crippen LogP contribution in [0.2, 0.25) is 0 Å². The van der Waals surface area contributed by atoms with Gasteiger partial charge in [0.25, 0.3) is 0 Å². The molecule has 3 aromatic rings. The van der Waals surface area contributed by atoms with Crippen molar-refractivity contribution in [1.29, 1.82) is 0 Å². The normalized spacial score (nSPS) is 24.3. The molecule has 0 aliphatic carbocycles. The molecule has 1 aromatic carbocycles. The van der Waals surface area contributed by atoms with Crippen molar-refractivity contribution in [2.45, 2.75) is 25.4 Å². The lowest BCUT2D eigenvalue weighted by Gasteiger charge is -2.25. The molecule has 0 N–H and O–H groups in total. The summed E-state index contributed by atoms with van der Waals surface area (Å²) in [4.78, 5) is 3.97. The van der Waals surface area contributed by atoms with Gasteiger partial charge in [-0.25, -0.2) is 9.67 Å². The number of nitrogens with zero attached hydrogens (tertiary/aromatic N) is 3. The fourth-order valence-electron chi connectivity index (χ4n) is 2.80. The molecule has 120 valence electrons. The van der Waals surface area contributed by atoms with Crippen molar-refractivity contribution in [2.24, 2.45) is 0 Å². The van der Waals surface area contributed by atoms with E-state index in [1.54, 1.807) is 18.1 Å². The summed E-state index contributed by atoms with van der Waals surface area (Å²) in [7, 11) is 1.64. The summed E-state index contributed by atoms with van der Waals surface area (Å²) in [5.74, 6) is 0.386. The molecule has 7 heteroatoms. The Balaban J connectivity index is 1.77. The SMILES string of the molecule is COc1ccc2oc(C3(Cn4cncn4)OCC(C)O3)cc2c1. The summed E-state index contributed by atoms with van der Waals surface area (Å²) in [6.07, 6.45) is 3.08. The molecule has 0 radical (unpaired) electrons. The Hall–Kier alpha value is -2.38. The van der Waals surface area contributed by atoms with Gasteiger partial charge in [-0.05, 0) is 31.2 Å². The smallest absolute Gasteiger partial charge is 0.249 e. The van der Waals surface area contributed by atoms with Crippen LogP contribution in [0.4, 0.5) is 0 Å². The molecule has 1 aliphatic heterocycles. The Morgan fingerprint density at radius 3 is 3.00 bits per heavy atom. The molecule has 4 rings (SSSR count). The van der Waals surface area contributed by atoms with Gasteiger partial charge in [0.05, 0.1) is 19.8 Å². The van der Waals surface area contributed by atoms with Crippen molar-refractivity contribution in [3.05, 3.63) is 42.7 Å². The first-order valence-electron chi connectivity index (χ1n) is 7.41. The molecule has 2 atom stereocenters. The van der Waals surface area contributed by atoms with E-state index in [-0.39, 0.29) is 6.10 Å². The molecule has 1 saturated heterocycles. The first-order valence-corrected chi connectivity index (χ1v) is 7.41. The molecule has 0 bridgehead atoms. The number of benzene rings is 1. The van der Waals surface area contributed by atoms with E-state index >= 15 is 0 Å². The Morgan fingerprint density at radius 1 is 1.39 bits per heavy atom. The summed E-state index contributed by atoms with van der Waals surface area (Å²) in [5, 5.41) is 5.07. The number of aromatic nitrogens is 3. The minimum absolute atomic E-state index is 0.0266. The number of rotatable bonds is 4. The van der Waals surface area contributed by atoms with Crippen LogP contribution in [-0.2, 0) is 21.8 Å². The van der Waals surface area contributed by atoms with Gasteiger partial charge < -0.3 is 18.6 Å². The average Bonchev–Trinajstić information content (AvgIpc) is 3.27. The maximum Gasteiger partial charge on any atom is 0.249 e. The van der Waals surface area contributed by atoms with Gasteiger partial charge >= 0.3 is 0 Å². The van der Waals surface area contributed by atoms with E-state index < -0.39 is 5.79 Å². The lowest BCUT2D eigenvalue weighted by atomic mass is 10.1. The molecule has 0 saturated carbocycles. The standard InChI is InChI=1S/C16H17N3O4/c1-11-7-21-16(23-11,8-19-10-17-9-18-19)15-6-12-5-13(20-2)3-4-14(12)22-15/h3-6,9-11H,7-8H2,1-2H3. The fraction of sp³-hybridized carbons (Fsp3) is 0.375. The van der Waals surface area contributed by atoms with Gasteiger partial charge in [-0.2, -0.15) is 5.10 Å². The molecule has 3 heterocycles. The topological polar surface area (TPSA) is 71.5 Å². The zero-order valence-corrected chi connectivity index (χ0v) is 12.9. The van der Waals surface area contributed by atoms with Crippen LogP contribution in [-0.4, -0.2) is 34.6 Å². The average molecular weight is 315 g/mol. The highest BCUT2D eigenvalue weighted by Gasteiger charge is 2.45. The van der Waals surface area contributed by atoms with Crippen LogP contribution in [0.25, 0.3) is 11.0 Å². The summed E-state index contributed by atoms with van der Waals surface area (Å²) < 4.78 is 24.9. The molecular weight excluding hydrogens is 298 g/mol. The zero-order chi connectivity index (χ0) is 15.9. The predicted octanol–water partition coefficient (Wildman–Crippen LogP) is 2.32. The number of hydrogen-bond donors (Lipinski definition) is 0. The third-order valence-corrected chi connectivity index (χ3v) is 3.88. The fourth-order valence-corrected chi connectivity index (χ4v) is 2.80. The minimum Gasteiger partial charge on any atom is -0.497 e. The Labute approximate surface area is 132 Å². The van der Waals surface area contributed by atoms with E-state index in [4.69, 9.17) is 18.6 Å². The summed E-state index contributed by atoms with van der Waals surface area (Å²) in [5.41, 5.74) is 0.755. The summed E-state index contributed by atoms with van der Waals surface area (Å²) >= 11 is 0. The van der Waals surface area contributed by atoms with E-state index in [0.717, 1.165) is 16.7 Å². The van der Waals surface area contributed by atoms with Gasteiger partial charge in [0.1, 0.15) is 30.5 Å². The molecule has 0 amide bonds. The van der Waals surface area contributed by atoms with Crippen LogP contribution in [0.3, 0.4) is 0 Å². The van der Waals surface area contributed by atoms with E-state index in [1.807, 2.05) is 31.2 Å². The second kappa shape index (κ2) is 5.36. The molecule has 23 heavy (non-hydrogen) atoms. The van der Waals surface area contributed by atoms with E-state index in [1.165, 1.54) is 6.33 Å². The van der Waals surface area contributed by atoms with Crippen molar-refractivity contribution in [2.75, 3.05) is 13.7 Å². The first kappa shape index (κ1) is 14.2. The molecule has 1 aliphatic rings. The van der Waals surface area contributed by atoms with Crippen molar-refractivity contribution in [3.8, 4) is 5.75 Å². The summed E-state index contributed by atoms with van der Waals surface area (Å²) in [6.45, 7) is 2.83. The van der Waals surface area contributed by atoms with Crippen LogP contribution in [0, 0.1) is 0 Å². The number of ether oxygens (including phenoxy) is 3. The van der Waals surface area contributed by atoms with Crippen LogP contribution >= 0.6 is 0 Å². The largest absolute Gasteiger partial charge is 0.497 e. The number of methoxy groups -OCH3 is 1. The molecule has 2 aromatic heterocycles. The Bertz CT molecular complexity index is 814. The molecule has 2 unspecified atom stereocenters. The van der Waals surface area contributed by atoms with Gasteiger partial charge in [-0.3, -0.25) is 0 Å². The van der Waals surface area contributed by atoms with Crippen molar-refractivity contribution in [3.63, 3.8) is 0 Å². The lowest BCUT2D eigenvalue weighted by Crippen LogP contribution is -2.33. The Morgan fingerprint density at radius 2 is 2.30 bits per heavy atom. The molecule has 0 spiro atoms. The maximum absolute atomic E-state index is 6.06. The van der Waals surface area contributed by atoms with Gasteiger partial charge in [-0.1, -0.05) is 0 Å². The van der Waals surface area contributed by atoms with Crippen LogP contribution in [0.15, 0.2) is 41.3 Å². The van der Waals surface area contributed by atoms with Gasteiger partial charge in [-0.15, -0.1) is 0 Å². The van der Waals surface area contributed by atoms with Crippen molar-refractivity contribution >= 4 is 11.0 Å². The maximum atomic E-state index is 6.06. The quantitative estimate of drug-likeness (QED) is 0.736. The number of furan rings is 1. The van der Waals surface area contributed by atoms with Crippen LogP contribution in [0.5, 0.6) is 5.75 Å². The van der Waals surface area contributed by atoms with Crippen molar-refractivity contribution < 1.29 is 18.6 Å². The van der Waals surface area contributed by atoms with Gasteiger partial charge in [0.2, 0.25) is 5.79 Å². The van der Waals surface area contributed by atoms with Crippen molar-refractivity contribution in [1.82, 2.24) is 14.8 Å². The molecule has 7 nitrogen and oxygen atoms in total. The second-order valence-corrected chi connectivity index (χ2v) is 5.60. The van der Waals surface area contributed by atoms with Gasteiger partial charge in [0.15, 0.2) is 5.76 Å². The van der Waals surface area contributed by atoms with Crippen LogP contribution < -0.4 is 4.74 Å². The highest BCUT2D eigenvalue weighted by Crippen LogP contribution is 2.39. The lowest BCUT2D eigenvalue weighted by molar-refractivity contribution is -0.198. The van der Waals surface area contributed by atoms with E-state index in [0.29, 0.717) is 18.9 Å². The minimum atomic E-state index is -1.00. The molecule has 1 fully saturated rings. The third kappa shape index (κ3) is 2.47. The first-order chi connectivity index (χ1) is 11.2.